The van der Waals surface area contributed by atoms with E-state index >= 15 is 0 Å². The first-order valence-electron chi connectivity index (χ1n) is 1.47. The van der Waals surface area contributed by atoms with Crippen molar-refractivity contribution in [3.63, 3.8) is 0 Å². The van der Waals surface area contributed by atoms with Gasteiger partial charge in [0.05, 0.1) is 14.2 Å². The lowest BCUT2D eigenvalue weighted by Gasteiger charge is -1.94. The van der Waals surface area contributed by atoms with Gasteiger partial charge >= 0.3 is 6.08 Å². The molecule has 7 heavy (non-hydrogen) atoms. The fraction of sp³-hybridized carbons (Fsp3) is 0.750. The van der Waals surface area contributed by atoms with Gasteiger partial charge in [-0.05, 0) is 0 Å². The van der Waals surface area contributed by atoms with Crippen LogP contribution in [-0.2, 0) is 9.47 Å². The summed E-state index contributed by atoms with van der Waals surface area (Å²) >= 11 is 0. The zero-order chi connectivity index (χ0) is 4.99. The Balaban J connectivity index is 0. The average molecular weight is 105 g/mol. The van der Waals surface area contributed by atoms with Crippen molar-refractivity contribution in [3.05, 3.63) is 0 Å². The molecule has 3 nitrogen and oxygen atoms in total. The number of rotatable bonds is 0. The van der Waals surface area contributed by atoms with Crippen molar-refractivity contribution >= 4 is 6.08 Å². The summed E-state index contributed by atoms with van der Waals surface area (Å²) < 4.78 is 8.52. The molecule has 0 aromatic rings. The van der Waals surface area contributed by atoms with Crippen LogP contribution in [0.4, 0.5) is 0 Å². The van der Waals surface area contributed by atoms with Crippen molar-refractivity contribution in [2.75, 3.05) is 14.2 Å². The molecule has 0 radical (unpaired) electrons. The minimum atomic E-state index is -0.157. The molecular formula is C4H11NO2. The van der Waals surface area contributed by atoms with E-state index in [-0.39, 0.29) is 13.5 Å². The van der Waals surface area contributed by atoms with Crippen molar-refractivity contribution < 1.29 is 9.47 Å². The Hall–Kier alpha value is -0.730. The van der Waals surface area contributed by atoms with Gasteiger partial charge in [-0.1, -0.05) is 7.43 Å². The number of hydrogen-bond acceptors (Lipinski definition) is 3. The van der Waals surface area contributed by atoms with E-state index in [4.69, 9.17) is 5.41 Å². The first-order valence-corrected chi connectivity index (χ1v) is 1.47. The molecule has 3 heteroatoms. The molecule has 0 aliphatic rings. The molecule has 0 heterocycles. The molecule has 0 saturated carbocycles. The van der Waals surface area contributed by atoms with E-state index in [1.165, 1.54) is 14.2 Å². The maximum atomic E-state index is 6.54. The van der Waals surface area contributed by atoms with Crippen molar-refractivity contribution in [3.8, 4) is 0 Å². The third kappa shape index (κ3) is 5.27. The maximum Gasteiger partial charge on any atom is 0.379 e. The SMILES string of the molecule is C.COC(=N)OC. The van der Waals surface area contributed by atoms with Crippen molar-refractivity contribution in [1.82, 2.24) is 0 Å². The van der Waals surface area contributed by atoms with Gasteiger partial charge in [-0.3, -0.25) is 0 Å². The summed E-state index contributed by atoms with van der Waals surface area (Å²) in [7, 11) is 2.76. The fourth-order valence-electron chi connectivity index (χ4n) is 0.0833. The van der Waals surface area contributed by atoms with Crippen molar-refractivity contribution in [2.45, 2.75) is 7.43 Å². The molecule has 0 aliphatic heterocycles. The second-order valence-corrected chi connectivity index (χ2v) is 0.696. The fourth-order valence-corrected chi connectivity index (χ4v) is 0.0833. The molecule has 0 unspecified atom stereocenters. The van der Waals surface area contributed by atoms with E-state index in [0.717, 1.165) is 0 Å². The van der Waals surface area contributed by atoms with Crippen LogP contribution in [0.2, 0.25) is 0 Å². The van der Waals surface area contributed by atoms with E-state index in [0.29, 0.717) is 0 Å². The highest BCUT2D eigenvalue weighted by molar-refractivity contribution is 5.62. The lowest BCUT2D eigenvalue weighted by atomic mass is 11.2. The summed E-state index contributed by atoms with van der Waals surface area (Å²) in [6.45, 7) is 0. The quantitative estimate of drug-likeness (QED) is 0.366. The summed E-state index contributed by atoms with van der Waals surface area (Å²) in [6.07, 6.45) is -0.157. The van der Waals surface area contributed by atoms with Gasteiger partial charge in [0.15, 0.2) is 0 Å². The maximum absolute atomic E-state index is 6.54. The molecule has 0 aliphatic carbocycles. The third-order valence-electron chi connectivity index (χ3n) is 0.371. The largest absolute Gasteiger partial charge is 0.454 e. The zero-order valence-corrected chi connectivity index (χ0v) is 3.82. The molecule has 44 valence electrons. The lowest BCUT2D eigenvalue weighted by molar-refractivity contribution is 0.238. The number of methoxy groups -OCH3 is 2. The molecule has 0 spiro atoms. The highest BCUT2D eigenvalue weighted by Gasteiger charge is 1.81. The molecule has 0 bridgehead atoms. The zero-order valence-electron chi connectivity index (χ0n) is 3.82. The summed E-state index contributed by atoms with van der Waals surface area (Å²) in [4.78, 5) is 0. The van der Waals surface area contributed by atoms with E-state index in [9.17, 15) is 0 Å². The van der Waals surface area contributed by atoms with Crippen molar-refractivity contribution in [1.29, 1.82) is 5.41 Å². The van der Waals surface area contributed by atoms with E-state index in [2.05, 4.69) is 9.47 Å². The topological polar surface area (TPSA) is 42.3 Å². The summed E-state index contributed by atoms with van der Waals surface area (Å²) in [6, 6.07) is 0. The predicted molar refractivity (Wildman–Crippen MR) is 28.5 cm³/mol. The molecular weight excluding hydrogens is 94.0 g/mol. The highest BCUT2D eigenvalue weighted by Crippen LogP contribution is 1.68. The standard InChI is InChI=1S/C3H7NO2.CH4/c1-5-3(4)6-2;/h4H,1-2H3;1H4. The Bertz CT molecular complexity index is 47.7. The van der Waals surface area contributed by atoms with Gasteiger partial charge in [-0.25, -0.2) is 5.41 Å². The van der Waals surface area contributed by atoms with Gasteiger partial charge in [-0.2, -0.15) is 0 Å². The van der Waals surface area contributed by atoms with Crippen LogP contribution in [0.15, 0.2) is 0 Å². The molecule has 0 amide bonds. The summed E-state index contributed by atoms with van der Waals surface area (Å²) in [5.74, 6) is 0. The Morgan fingerprint density at radius 3 is 1.57 bits per heavy atom. The first-order chi connectivity index (χ1) is 2.81. The Morgan fingerprint density at radius 2 is 1.57 bits per heavy atom. The molecule has 0 atom stereocenters. The normalized spacial score (nSPS) is 6.00. The average Bonchev–Trinajstić information content (AvgIpc) is 1.65. The monoisotopic (exact) mass is 105 g/mol. The second-order valence-electron chi connectivity index (χ2n) is 0.696. The molecule has 0 aromatic carbocycles. The molecule has 0 saturated heterocycles. The number of nitrogens with one attached hydrogen (secondary N) is 1. The van der Waals surface area contributed by atoms with Crippen LogP contribution in [0.25, 0.3) is 0 Å². The Kier molecular flexibility index (Phi) is 7.19. The van der Waals surface area contributed by atoms with E-state index in [1.54, 1.807) is 0 Å². The van der Waals surface area contributed by atoms with Gasteiger partial charge in [-0.15, -0.1) is 0 Å². The lowest BCUT2D eigenvalue weighted by Crippen LogP contribution is -1.99. The van der Waals surface area contributed by atoms with Crippen LogP contribution in [0, 0.1) is 5.41 Å². The van der Waals surface area contributed by atoms with E-state index < -0.39 is 0 Å². The minimum absolute atomic E-state index is 0. The minimum Gasteiger partial charge on any atom is -0.454 e. The van der Waals surface area contributed by atoms with Gasteiger partial charge in [0, 0.05) is 0 Å². The first kappa shape index (κ1) is 9.55. The smallest absolute Gasteiger partial charge is 0.379 e. The van der Waals surface area contributed by atoms with Gasteiger partial charge in [0.2, 0.25) is 0 Å². The van der Waals surface area contributed by atoms with Gasteiger partial charge in [0.1, 0.15) is 0 Å². The Labute approximate surface area is 43.8 Å². The third-order valence-corrected chi connectivity index (χ3v) is 0.371. The van der Waals surface area contributed by atoms with Crippen LogP contribution in [0.5, 0.6) is 0 Å². The molecule has 0 aromatic heterocycles. The van der Waals surface area contributed by atoms with Crippen LogP contribution < -0.4 is 0 Å². The van der Waals surface area contributed by atoms with Crippen LogP contribution in [0.3, 0.4) is 0 Å². The van der Waals surface area contributed by atoms with Gasteiger partial charge in [0.25, 0.3) is 0 Å². The summed E-state index contributed by atoms with van der Waals surface area (Å²) in [5.41, 5.74) is 0. The number of hydrogen-bond donors (Lipinski definition) is 1. The molecule has 0 fully saturated rings. The highest BCUT2D eigenvalue weighted by atomic mass is 16.7. The molecule has 0 rings (SSSR count). The second kappa shape index (κ2) is 5.27. The van der Waals surface area contributed by atoms with Crippen LogP contribution in [-0.4, -0.2) is 20.3 Å². The Morgan fingerprint density at radius 1 is 1.29 bits per heavy atom. The molecule has 1 N–H and O–H groups in total. The van der Waals surface area contributed by atoms with E-state index in [1.807, 2.05) is 0 Å². The van der Waals surface area contributed by atoms with Crippen LogP contribution >= 0.6 is 0 Å². The summed E-state index contributed by atoms with van der Waals surface area (Å²) in [5, 5.41) is 6.54. The van der Waals surface area contributed by atoms with Crippen LogP contribution in [0.1, 0.15) is 7.43 Å². The van der Waals surface area contributed by atoms with Gasteiger partial charge < -0.3 is 9.47 Å². The number of ether oxygens (including phenoxy) is 2. The predicted octanol–water partition coefficient (Wildman–Crippen LogP) is 0.850. The van der Waals surface area contributed by atoms with Crippen molar-refractivity contribution in [2.24, 2.45) is 0 Å².